The first kappa shape index (κ1) is 21.7. The molecule has 1 radical (unpaired) electrons. The van der Waals surface area contributed by atoms with Crippen LogP contribution >= 0.6 is 7.92 Å². The summed E-state index contributed by atoms with van der Waals surface area (Å²) in [6.07, 6.45) is 8.60. The van der Waals surface area contributed by atoms with Crippen molar-refractivity contribution in [2.75, 3.05) is 38.6 Å². The van der Waals surface area contributed by atoms with Crippen molar-refractivity contribution in [3.8, 4) is 0 Å². The first-order chi connectivity index (χ1) is 13.7. The van der Waals surface area contributed by atoms with Gasteiger partial charge in [-0.05, 0) is 62.2 Å². The zero-order valence-corrected chi connectivity index (χ0v) is 18.4. The molecule has 1 saturated heterocycles. The lowest BCUT2D eigenvalue weighted by molar-refractivity contribution is 0.00976. The Balaban J connectivity index is 0.000000206. The summed E-state index contributed by atoms with van der Waals surface area (Å²) in [6.45, 7) is 13.3. The fourth-order valence-electron chi connectivity index (χ4n) is 4.62. The monoisotopic (exact) mass is 403 g/mol. The summed E-state index contributed by atoms with van der Waals surface area (Å²) in [5.74, 6) is 0.833. The molecule has 2 heterocycles. The number of aromatic nitrogens is 3. The Kier molecular flexibility index (Phi) is 8.69. The molecule has 5 nitrogen and oxygen atoms in total. The van der Waals surface area contributed by atoms with E-state index >= 15 is 0 Å². The summed E-state index contributed by atoms with van der Waals surface area (Å²) in [4.78, 5) is 2.57. The number of morpholine rings is 1. The molecule has 4 rings (SSSR count). The quantitative estimate of drug-likeness (QED) is 0.744. The van der Waals surface area contributed by atoms with Crippen molar-refractivity contribution in [2.24, 2.45) is 5.92 Å². The Hall–Kier alpha value is -1.03. The summed E-state index contributed by atoms with van der Waals surface area (Å²) >= 11 is 0. The van der Waals surface area contributed by atoms with Crippen molar-refractivity contribution in [2.45, 2.75) is 51.2 Å². The molecule has 3 unspecified atom stereocenters. The number of rotatable bonds is 5. The predicted octanol–water partition coefficient (Wildman–Crippen LogP) is 4.56. The van der Waals surface area contributed by atoms with Crippen LogP contribution in [-0.4, -0.2) is 70.6 Å². The summed E-state index contributed by atoms with van der Waals surface area (Å²) in [7, 11) is 0.286. The molecule has 1 N–H and O–H groups in total. The molecule has 2 aliphatic rings. The van der Waals surface area contributed by atoms with Gasteiger partial charge in [0.25, 0.3) is 0 Å². The van der Waals surface area contributed by atoms with Crippen molar-refractivity contribution >= 4 is 19.0 Å². The molecule has 1 aromatic heterocycles. The van der Waals surface area contributed by atoms with Crippen LogP contribution in [0.2, 0.25) is 0 Å². The number of hydrogen-bond donors (Lipinski definition) is 1. The third kappa shape index (κ3) is 5.75. The number of fused-ring (bicyclic) bond motifs is 1. The van der Waals surface area contributed by atoms with E-state index in [0.29, 0.717) is 6.04 Å². The topological polar surface area (TPSA) is 54.0 Å². The van der Waals surface area contributed by atoms with Crippen molar-refractivity contribution in [1.29, 1.82) is 0 Å². The van der Waals surface area contributed by atoms with E-state index in [-0.39, 0.29) is 7.92 Å². The molecule has 2 fully saturated rings. The second-order valence-electron chi connectivity index (χ2n) is 7.85. The molecule has 155 valence electrons. The molecule has 2 aromatic rings. The minimum Gasteiger partial charge on any atom is -0.379 e. The maximum atomic E-state index is 5.47. The van der Waals surface area contributed by atoms with Crippen molar-refractivity contribution in [3.05, 3.63) is 31.2 Å². The zero-order valence-electron chi connectivity index (χ0n) is 17.5. The SMILES string of the molecule is [CH2]C(C1CCCC(P(CC)CC)C1)N1CCOCC1.c1ccc2[nH]nnc2c1. The lowest BCUT2D eigenvalue weighted by atomic mass is 9.83. The summed E-state index contributed by atoms with van der Waals surface area (Å²) in [5, 5.41) is 10.2. The van der Waals surface area contributed by atoms with E-state index in [0.717, 1.165) is 48.9 Å². The maximum absolute atomic E-state index is 5.47. The van der Waals surface area contributed by atoms with Gasteiger partial charge in [-0.25, -0.2) is 0 Å². The summed E-state index contributed by atoms with van der Waals surface area (Å²) < 4.78 is 5.47. The minimum atomic E-state index is 0.286. The number of para-hydroxylation sites is 1. The molecular formula is C22H36N4OP. The van der Waals surface area contributed by atoms with E-state index in [1.54, 1.807) is 0 Å². The number of hydrogen-bond acceptors (Lipinski definition) is 4. The molecule has 6 heteroatoms. The van der Waals surface area contributed by atoms with E-state index in [4.69, 9.17) is 4.74 Å². The van der Waals surface area contributed by atoms with Crippen LogP contribution in [-0.2, 0) is 4.74 Å². The lowest BCUT2D eigenvalue weighted by Gasteiger charge is -2.42. The van der Waals surface area contributed by atoms with Crippen LogP contribution in [0.1, 0.15) is 39.5 Å². The Labute approximate surface area is 171 Å². The van der Waals surface area contributed by atoms with E-state index in [1.807, 2.05) is 24.3 Å². The molecular weight excluding hydrogens is 367 g/mol. The van der Waals surface area contributed by atoms with Crippen molar-refractivity contribution in [1.82, 2.24) is 20.3 Å². The molecule has 1 aliphatic carbocycles. The normalized spacial score (nSPS) is 24.7. The van der Waals surface area contributed by atoms with Gasteiger partial charge >= 0.3 is 0 Å². The van der Waals surface area contributed by atoms with Crippen LogP contribution in [0.3, 0.4) is 0 Å². The van der Waals surface area contributed by atoms with Crippen LogP contribution in [0.15, 0.2) is 24.3 Å². The smallest absolute Gasteiger partial charge is 0.112 e. The predicted molar refractivity (Wildman–Crippen MR) is 119 cm³/mol. The molecule has 3 atom stereocenters. The molecule has 0 spiro atoms. The first-order valence-electron chi connectivity index (χ1n) is 10.9. The van der Waals surface area contributed by atoms with Gasteiger partial charge in [0.15, 0.2) is 0 Å². The molecule has 1 saturated carbocycles. The lowest BCUT2D eigenvalue weighted by Crippen LogP contribution is -2.46. The highest BCUT2D eigenvalue weighted by Gasteiger charge is 2.32. The average molecular weight is 404 g/mol. The average Bonchev–Trinajstić information content (AvgIpc) is 3.24. The standard InChI is InChI=1S/C16H31NOP.C6H5N3/c1-4-19(5-2)16-8-6-7-15(13-16)14(3)17-9-11-18-12-10-17;1-2-4-6-5(3-1)7-9-8-6/h14-16H,3-13H2,1-2H3;1-4H,(H,7,8,9). The molecule has 1 aromatic carbocycles. The van der Waals surface area contributed by atoms with Gasteiger partial charge in [-0.1, -0.05) is 37.6 Å². The van der Waals surface area contributed by atoms with E-state index in [1.165, 1.54) is 38.0 Å². The van der Waals surface area contributed by atoms with Crippen LogP contribution in [0.25, 0.3) is 11.0 Å². The minimum absolute atomic E-state index is 0.286. The Morgan fingerprint density at radius 2 is 1.96 bits per heavy atom. The summed E-state index contributed by atoms with van der Waals surface area (Å²) in [5.41, 5.74) is 2.92. The van der Waals surface area contributed by atoms with E-state index in [9.17, 15) is 0 Å². The van der Waals surface area contributed by atoms with Gasteiger partial charge in [-0.15, -0.1) is 13.0 Å². The van der Waals surface area contributed by atoms with Gasteiger partial charge in [-0.3, -0.25) is 10.00 Å². The van der Waals surface area contributed by atoms with E-state index < -0.39 is 0 Å². The van der Waals surface area contributed by atoms with E-state index in [2.05, 4.69) is 41.1 Å². The van der Waals surface area contributed by atoms with Crippen LogP contribution in [0, 0.1) is 12.8 Å². The first-order valence-corrected chi connectivity index (χ1v) is 12.7. The zero-order chi connectivity index (χ0) is 19.8. The highest BCUT2D eigenvalue weighted by Crippen LogP contribution is 2.49. The second-order valence-corrected chi connectivity index (χ2v) is 11.0. The number of nitrogens with zero attached hydrogens (tertiary/aromatic N) is 3. The molecule has 28 heavy (non-hydrogen) atoms. The highest BCUT2D eigenvalue weighted by molar-refractivity contribution is 7.58. The maximum Gasteiger partial charge on any atom is 0.112 e. The second kappa shape index (κ2) is 11.2. The number of aromatic amines is 1. The molecule has 0 bridgehead atoms. The Morgan fingerprint density at radius 3 is 2.68 bits per heavy atom. The van der Waals surface area contributed by atoms with Gasteiger partial charge in [-0.2, -0.15) is 0 Å². The van der Waals surface area contributed by atoms with Crippen molar-refractivity contribution in [3.63, 3.8) is 0 Å². The van der Waals surface area contributed by atoms with Gasteiger partial charge in [0.2, 0.25) is 0 Å². The number of benzene rings is 1. The highest BCUT2D eigenvalue weighted by atomic mass is 31.1. The van der Waals surface area contributed by atoms with Crippen LogP contribution in [0.4, 0.5) is 0 Å². The van der Waals surface area contributed by atoms with Crippen LogP contribution < -0.4 is 0 Å². The van der Waals surface area contributed by atoms with Gasteiger partial charge < -0.3 is 4.74 Å². The van der Waals surface area contributed by atoms with Crippen molar-refractivity contribution < 1.29 is 4.74 Å². The summed E-state index contributed by atoms with van der Waals surface area (Å²) in [6, 6.07) is 8.26. The number of nitrogens with one attached hydrogen (secondary N) is 1. The Morgan fingerprint density at radius 1 is 1.21 bits per heavy atom. The van der Waals surface area contributed by atoms with Crippen LogP contribution in [0.5, 0.6) is 0 Å². The van der Waals surface area contributed by atoms with Gasteiger partial charge in [0.1, 0.15) is 5.52 Å². The van der Waals surface area contributed by atoms with Gasteiger partial charge in [0.05, 0.1) is 18.7 Å². The number of H-pyrrole nitrogens is 1. The number of ether oxygens (including phenoxy) is 1. The van der Waals surface area contributed by atoms with Gasteiger partial charge in [0, 0.05) is 19.1 Å². The third-order valence-electron chi connectivity index (χ3n) is 6.31. The fourth-order valence-corrected chi connectivity index (χ4v) is 7.21. The Bertz CT molecular complexity index is 654. The third-order valence-corrected chi connectivity index (χ3v) is 9.43. The fraction of sp³-hybridized carbons (Fsp3) is 0.682. The molecule has 1 aliphatic heterocycles. The largest absolute Gasteiger partial charge is 0.379 e. The molecule has 0 amide bonds.